The summed E-state index contributed by atoms with van der Waals surface area (Å²) in [5.41, 5.74) is 0.635. The van der Waals surface area contributed by atoms with E-state index in [2.05, 4.69) is 10.5 Å². The van der Waals surface area contributed by atoms with E-state index in [1.165, 1.54) is 17.0 Å². The van der Waals surface area contributed by atoms with Gasteiger partial charge in [-0.25, -0.2) is 9.18 Å². The molecule has 0 bridgehead atoms. The van der Waals surface area contributed by atoms with Crippen LogP contribution in [-0.4, -0.2) is 36.3 Å². The maximum atomic E-state index is 13.1. The molecule has 0 spiro atoms. The van der Waals surface area contributed by atoms with Gasteiger partial charge in [-0.2, -0.15) is 0 Å². The Bertz CT molecular complexity index is 678. The van der Waals surface area contributed by atoms with E-state index in [1.54, 1.807) is 26.2 Å². The van der Waals surface area contributed by atoms with Crippen molar-refractivity contribution in [3.05, 3.63) is 46.4 Å². The molecule has 0 aliphatic rings. The highest BCUT2D eigenvalue weighted by Gasteiger charge is 2.17. The van der Waals surface area contributed by atoms with E-state index in [1.807, 2.05) is 0 Å². The fourth-order valence-corrected chi connectivity index (χ4v) is 2.15. The number of benzene rings is 1. The molecule has 0 atom stereocenters. The molecule has 1 aromatic carbocycles. The Labute approximate surface area is 138 Å². The lowest BCUT2D eigenvalue weighted by molar-refractivity contribution is 0.152. The first-order chi connectivity index (χ1) is 11.0. The second-order valence-electron chi connectivity index (χ2n) is 4.90. The number of aryl methyl sites for hydroxylation is 1. The molecule has 1 N–H and O–H groups in total. The molecule has 8 heteroatoms. The van der Waals surface area contributed by atoms with Crippen molar-refractivity contribution in [1.82, 2.24) is 10.1 Å². The molecule has 0 aliphatic carbocycles. The zero-order valence-corrected chi connectivity index (χ0v) is 13.6. The molecule has 0 saturated carbocycles. The van der Waals surface area contributed by atoms with Gasteiger partial charge >= 0.3 is 6.03 Å². The van der Waals surface area contributed by atoms with Crippen molar-refractivity contribution in [2.45, 2.75) is 13.5 Å². The molecular weight excluding hydrogens is 325 g/mol. The van der Waals surface area contributed by atoms with Crippen LogP contribution >= 0.6 is 11.6 Å². The zero-order chi connectivity index (χ0) is 16.8. The molecule has 0 radical (unpaired) electrons. The number of halogens is 2. The van der Waals surface area contributed by atoms with Gasteiger partial charge in [0.1, 0.15) is 11.6 Å². The van der Waals surface area contributed by atoms with Crippen LogP contribution < -0.4 is 5.32 Å². The molecular formula is C15H17ClFN3O3. The number of methoxy groups -OCH3 is 1. The lowest BCUT2D eigenvalue weighted by Crippen LogP contribution is -2.37. The summed E-state index contributed by atoms with van der Waals surface area (Å²) < 4.78 is 23.0. The number of urea groups is 1. The molecule has 2 amide bonds. The highest BCUT2D eigenvalue weighted by Crippen LogP contribution is 2.19. The highest BCUT2D eigenvalue weighted by atomic mass is 35.5. The third kappa shape index (κ3) is 4.94. The number of ether oxygens (including phenoxy) is 1. The van der Waals surface area contributed by atoms with Crippen LogP contribution in [0.5, 0.6) is 0 Å². The largest absolute Gasteiger partial charge is 0.383 e. The predicted molar refractivity (Wildman–Crippen MR) is 84.0 cm³/mol. The molecule has 2 rings (SSSR count). The quantitative estimate of drug-likeness (QED) is 0.873. The highest BCUT2D eigenvalue weighted by molar-refractivity contribution is 6.31. The molecule has 0 saturated heterocycles. The van der Waals surface area contributed by atoms with Crippen LogP contribution in [0, 0.1) is 12.7 Å². The van der Waals surface area contributed by atoms with E-state index < -0.39 is 5.82 Å². The van der Waals surface area contributed by atoms with Gasteiger partial charge in [0.15, 0.2) is 5.82 Å². The minimum Gasteiger partial charge on any atom is -0.383 e. The van der Waals surface area contributed by atoms with Gasteiger partial charge < -0.3 is 14.2 Å². The lowest BCUT2D eigenvalue weighted by Gasteiger charge is -2.22. The predicted octanol–water partition coefficient (Wildman–Crippen LogP) is 3.46. The van der Waals surface area contributed by atoms with Crippen molar-refractivity contribution in [2.24, 2.45) is 0 Å². The fraction of sp³-hybridized carbons (Fsp3) is 0.333. The molecule has 1 aromatic heterocycles. The van der Waals surface area contributed by atoms with E-state index in [9.17, 15) is 9.18 Å². The second kappa shape index (κ2) is 7.94. The van der Waals surface area contributed by atoms with Crippen molar-refractivity contribution in [1.29, 1.82) is 0 Å². The summed E-state index contributed by atoms with van der Waals surface area (Å²) in [4.78, 5) is 13.9. The number of carbonyl (C=O) groups excluding carboxylic acids is 1. The Balaban J connectivity index is 2.10. The maximum absolute atomic E-state index is 13.1. The zero-order valence-electron chi connectivity index (χ0n) is 12.8. The average Bonchev–Trinajstić information content (AvgIpc) is 2.90. The first kappa shape index (κ1) is 17.2. The van der Waals surface area contributed by atoms with E-state index in [0.29, 0.717) is 30.3 Å². The molecule has 6 nitrogen and oxygen atoms in total. The first-order valence-electron chi connectivity index (χ1n) is 6.91. The van der Waals surface area contributed by atoms with Crippen LogP contribution in [-0.2, 0) is 11.3 Å². The number of hydrogen-bond acceptors (Lipinski definition) is 4. The Morgan fingerprint density at radius 1 is 1.48 bits per heavy atom. The first-order valence-corrected chi connectivity index (χ1v) is 7.29. The number of nitrogens with zero attached hydrogens (tertiary/aromatic N) is 2. The number of hydrogen-bond donors (Lipinski definition) is 1. The molecule has 23 heavy (non-hydrogen) atoms. The Morgan fingerprint density at radius 2 is 2.26 bits per heavy atom. The van der Waals surface area contributed by atoms with Crippen LogP contribution in [0.15, 0.2) is 28.8 Å². The van der Waals surface area contributed by atoms with E-state index in [4.69, 9.17) is 20.9 Å². The number of amides is 2. The van der Waals surface area contributed by atoms with Gasteiger partial charge in [0.05, 0.1) is 6.61 Å². The van der Waals surface area contributed by atoms with E-state index >= 15 is 0 Å². The normalized spacial score (nSPS) is 10.6. The number of nitrogens with one attached hydrogen (secondary N) is 1. The number of carbonyl (C=O) groups is 1. The number of anilines is 1. The molecule has 124 valence electrons. The third-order valence-corrected chi connectivity index (χ3v) is 3.44. The molecule has 0 unspecified atom stereocenters. The molecule has 0 fully saturated rings. The fourth-order valence-electron chi connectivity index (χ4n) is 1.92. The second-order valence-corrected chi connectivity index (χ2v) is 5.31. The van der Waals surface area contributed by atoms with Crippen molar-refractivity contribution in [2.75, 3.05) is 25.6 Å². The van der Waals surface area contributed by atoms with Crippen LogP contribution in [0.3, 0.4) is 0 Å². The standard InChI is InChI=1S/C15H17ClFN3O3/c1-10-7-14(19-23-10)18-15(21)20(5-6-22-2)9-11-3-4-12(17)8-13(11)16/h3-4,7-8H,5-6,9H2,1-2H3,(H,18,19,21). The van der Waals surface area contributed by atoms with Gasteiger partial charge in [-0.15, -0.1) is 0 Å². The summed E-state index contributed by atoms with van der Waals surface area (Å²) in [6.07, 6.45) is 0. The Kier molecular flexibility index (Phi) is 5.95. The van der Waals surface area contributed by atoms with Crippen LogP contribution in [0.1, 0.15) is 11.3 Å². The smallest absolute Gasteiger partial charge is 0.323 e. The summed E-state index contributed by atoms with van der Waals surface area (Å²) in [6, 6.07) is 5.29. The monoisotopic (exact) mass is 341 g/mol. The minimum atomic E-state index is -0.426. The molecule has 1 heterocycles. The Hall–Kier alpha value is -2.12. The van der Waals surface area contributed by atoms with Gasteiger partial charge in [-0.05, 0) is 24.6 Å². The molecule has 2 aromatic rings. The number of aromatic nitrogens is 1. The minimum absolute atomic E-state index is 0.213. The Morgan fingerprint density at radius 3 is 2.87 bits per heavy atom. The van der Waals surface area contributed by atoms with Crippen molar-refractivity contribution >= 4 is 23.4 Å². The van der Waals surface area contributed by atoms with E-state index in [0.717, 1.165) is 0 Å². The summed E-state index contributed by atoms with van der Waals surface area (Å²) in [7, 11) is 1.54. The van der Waals surface area contributed by atoms with Crippen LogP contribution in [0.4, 0.5) is 15.0 Å². The van der Waals surface area contributed by atoms with Gasteiger partial charge in [0, 0.05) is 31.3 Å². The average molecular weight is 342 g/mol. The van der Waals surface area contributed by atoms with Crippen LogP contribution in [0.2, 0.25) is 5.02 Å². The van der Waals surface area contributed by atoms with Gasteiger partial charge in [-0.1, -0.05) is 22.8 Å². The van der Waals surface area contributed by atoms with E-state index in [-0.39, 0.29) is 17.6 Å². The summed E-state index contributed by atoms with van der Waals surface area (Å²) in [5.74, 6) is 0.482. The van der Waals surface area contributed by atoms with Crippen molar-refractivity contribution < 1.29 is 18.4 Å². The van der Waals surface area contributed by atoms with Crippen molar-refractivity contribution in [3.63, 3.8) is 0 Å². The molecule has 0 aliphatic heterocycles. The topological polar surface area (TPSA) is 67.6 Å². The third-order valence-electron chi connectivity index (χ3n) is 3.09. The summed E-state index contributed by atoms with van der Waals surface area (Å²) in [6.45, 7) is 2.63. The summed E-state index contributed by atoms with van der Waals surface area (Å²) in [5, 5.41) is 6.61. The van der Waals surface area contributed by atoms with Gasteiger partial charge in [-0.3, -0.25) is 5.32 Å². The lowest BCUT2D eigenvalue weighted by atomic mass is 10.2. The van der Waals surface area contributed by atoms with Crippen LogP contribution in [0.25, 0.3) is 0 Å². The SMILES string of the molecule is COCCN(Cc1ccc(F)cc1Cl)C(=O)Nc1cc(C)on1. The maximum Gasteiger partial charge on any atom is 0.323 e. The summed E-state index contributed by atoms with van der Waals surface area (Å²) >= 11 is 6.02. The van der Waals surface area contributed by atoms with Gasteiger partial charge in [0.2, 0.25) is 0 Å². The van der Waals surface area contributed by atoms with Gasteiger partial charge in [0.25, 0.3) is 0 Å². The number of rotatable bonds is 6. The van der Waals surface area contributed by atoms with Crippen molar-refractivity contribution in [3.8, 4) is 0 Å².